The molecule has 1 amide bonds. The number of aromatic nitrogens is 3. The molecule has 7 nitrogen and oxygen atoms in total. The number of nitrogens with one attached hydrogen (secondary N) is 1. The average Bonchev–Trinajstić information content (AvgIpc) is 2.65. The van der Waals surface area contributed by atoms with Crippen LogP contribution < -0.4 is 5.32 Å². The summed E-state index contributed by atoms with van der Waals surface area (Å²) in [6, 6.07) is 0. The molecular weight excluding hydrogens is 212 g/mol. The molecule has 0 aliphatic carbocycles. The molecule has 0 unspecified atom stereocenters. The molecule has 1 rings (SSSR count). The van der Waals surface area contributed by atoms with Crippen LogP contribution in [0.3, 0.4) is 0 Å². The number of carboxylic acid groups (broad SMARTS) is 1. The Balaban J connectivity index is 2.58. The van der Waals surface area contributed by atoms with Gasteiger partial charge in [-0.1, -0.05) is 11.1 Å². The minimum absolute atomic E-state index is 0.0687. The summed E-state index contributed by atoms with van der Waals surface area (Å²) in [6.45, 7) is 1.56. The van der Waals surface area contributed by atoms with Crippen LogP contribution in [0.2, 0.25) is 0 Å². The monoisotopic (exact) mass is 222 g/mol. The molecular formula is C9H10N4O3. The Labute approximate surface area is 91.4 Å². The average molecular weight is 222 g/mol. The van der Waals surface area contributed by atoms with Gasteiger partial charge in [0, 0.05) is 0 Å². The lowest BCUT2D eigenvalue weighted by molar-refractivity contribution is -0.137. The minimum atomic E-state index is -1.05. The van der Waals surface area contributed by atoms with E-state index in [1.54, 1.807) is 6.92 Å². The number of carboxylic acids is 1. The normalized spacial score (nSPS) is 9.06. The lowest BCUT2D eigenvalue weighted by atomic mass is 10.4. The zero-order valence-electron chi connectivity index (χ0n) is 8.60. The van der Waals surface area contributed by atoms with Gasteiger partial charge < -0.3 is 10.4 Å². The molecule has 0 aromatic carbocycles. The number of rotatable bonds is 4. The molecule has 0 aliphatic heterocycles. The summed E-state index contributed by atoms with van der Waals surface area (Å²) in [6.07, 6.45) is 1.27. The number of carbonyl (C=O) groups excluding carboxylic acids is 1. The second kappa shape index (κ2) is 5.50. The third-order valence-electron chi connectivity index (χ3n) is 1.58. The highest BCUT2D eigenvalue weighted by Gasteiger charge is 2.10. The zero-order valence-corrected chi connectivity index (χ0v) is 8.60. The van der Waals surface area contributed by atoms with Gasteiger partial charge in [-0.05, 0) is 6.92 Å². The molecule has 84 valence electrons. The van der Waals surface area contributed by atoms with Gasteiger partial charge in [0.05, 0.1) is 12.7 Å². The van der Waals surface area contributed by atoms with E-state index in [0.717, 1.165) is 4.68 Å². The summed E-state index contributed by atoms with van der Waals surface area (Å²) in [5.74, 6) is 3.80. The Kier molecular flexibility index (Phi) is 4.03. The highest BCUT2D eigenvalue weighted by molar-refractivity contribution is 5.92. The maximum Gasteiger partial charge on any atom is 0.325 e. The van der Waals surface area contributed by atoms with Gasteiger partial charge in [0.15, 0.2) is 5.69 Å². The van der Waals surface area contributed by atoms with Gasteiger partial charge in [0.2, 0.25) is 0 Å². The summed E-state index contributed by atoms with van der Waals surface area (Å²) in [5.41, 5.74) is 0.0687. The molecule has 0 saturated carbocycles. The Morgan fingerprint density at radius 1 is 1.62 bits per heavy atom. The first-order valence-electron chi connectivity index (χ1n) is 4.43. The van der Waals surface area contributed by atoms with Gasteiger partial charge in [-0.25, -0.2) is 4.68 Å². The first kappa shape index (κ1) is 11.7. The van der Waals surface area contributed by atoms with Crippen LogP contribution in [0.25, 0.3) is 0 Å². The molecule has 1 aromatic heterocycles. The molecule has 0 aliphatic rings. The van der Waals surface area contributed by atoms with E-state index in [4.69, 9.17) is 5.11 Å². The fraction of sp³-hybridized carbons (Fsp3) is 0.333. The van der Waals surface area contributed by atoms with Crippen molar-refractivity contribution in [2.24, 2.45) is 0 Å². The van der Waals surface area contributed by atoms with Gasteiger partial charge in [-0.3, -0.25) is 9.59 Å². The highest BCUT2D eigenvalue weighted by atomic mass is 16.4. The SMILES string of the molecule is CC#CCNC(=O)c1cn(CC(=O)O)nn1. The van der Waals surface area contributed by atoms with Crippen LogP contribution in [0.1, 0.15) is 17.4 Å². The summed E-state index contributed by atoms with van der Waals surface area (Å²) in [4.78, 5) is 21.7. The third-order valence-corrected chi connectivity index (χ3v) is 1.58. The Hall–Kier alpha value is -2.36. The maximum absolute atomic E-state index is 11.4. The van der Waals surface area contributed by atoms with Crippen LogP contribution in [0.15, 0.2) is 6.20 Å². The van der Waals surface area contributed by atoms with Gasteiger partial charge >= 0.3 is 5.97 Å². The van der Waals surface area contributed by atoms with Crippen molar-refractivity contribution in [2.75, 3.05) is 6.54 Å². The summed E-state index contributed by atoms with van der Waals surface area (Å²) >= 11 is 0. The van der Waals surface area contributed by atoms with Crippen LogP contribution >= 0.6 is 0 Å². The largest absolute Gasteiger partial charge is 0.480 e. The second-order valence-electron chi connectivity index (χ2n) is 2.80. The molecule has 7 heteroatoms. The van der Waals surface area contributed by atoms with Crippen LogP contribution in [-0.4, -0.2) is 38.5 Å². The molecule has 16 heavy (non-hydrogen) atoms. The maximum atomic E-state index is 11.4. The van der Waals surface area contributed by atoms with Crippen molar-refractivity contribution in [1.82, 2.24) is 20.3 Å². The topological polar surface area (TPSA) is 97.1 Å². The van der Waals surface area contributed by atoms with E-state index in [0.29, 0.717) is 0 Å². The Bertz CT molecular complexity index is 455. The van der Waals surface area contributed by atoms with Crippen LogP contribution in [0, 0.1) is 11.8 Å². The standard InChI is InChI=1S/C9H10N4O3/c1-2-3-4-10-9(16)7-5-13(12-11-7)6-8(14)15/h5H,4,6H2,1H3,(H,10,16)(H,14,15). The zero-order chi connectivity index (χ0) is 12.0. The molecule has 0 radical (unpaired) electrons. The van der Waals surface area contributed by atoms with Crippen LogP contribution in [0.5, 0.6) is 0 Å². The molecule has 1 heterocycles. The Morgan fingerprint density at radius 2 is 2.38 bits per heavy atom. The first-order chi connectivity index (χ1) is 7.63. The van der Waals surface area contributed by atoms with Crippen molar-refractivity contribution in [2.45, 2.75) is 13.5 Å². The number of hydrogen-bond acceptors (Lipinski definition) is 4. The molecule has 1 aromatic rings. The summed E-state index contributed by atoms with van der Waals surface area (Å²) in [7, 11) is 0. The quantitative estimate of drug-likeness (QED) is 0.644. The fourth-order valence-electron chi connectivity index (χ4n) is 0.922. The number of amides is 1. The molecule has 0 saturated heterocycles. The highest BCUT2D eigenvalue weighted by Crippen LogP contribution is 1.92. The molecule has 2 N–H and O–H groups in total. The predicted molar refractivity (Wildman–Crippen MR) is 53.4 cm³/mol. The van der Waals surface area contributed by atoms with Crippen molar-refractivity contribution in [1.29, 1.82) is 0 Å². The molecule has 0 fully saturated rings. The molecule has 0 spiro atoms. The number of carbonyl (C=O) groups is 2. The lowest BCUT2D eigenvalue weighted by Crippen LogP contribution is -2.23. The predicted octanol–water partition coefficient (Wildman–Crippen LogP) is -0.884. The van der Waals surface area contributed by atoms with Gasteiger partial charge in [0.25, 0.3) is 5.91 Å². The molecule has 0 atom stereocenters. The van der Waals surface area contributed by atoms with Crippen molar-refractivity contribution in [3.8, 4) is 11.8 Å². The van der Waals surface area contributed by atoms with E-state index in [1.807, 2.05) is 0 Å². The number of nitrogens with zero attached hydrogens (tertiary/aromatic N) is 3. The van der Waals surface area contributed by atoms with Crippen molar-refractivity contribution < 1.29 is 14.7 Å². The van der Waals surface area contributed by atoms with Gasteiger partial charge in [-0.2, -0.15) is 0 Å². The van der Waals surface area contributed by atoms with E-state index in [9.17, 15) is 9.59 Å². The van der Waals surface area contributed by atoms with Crippen LogP contribution in [0.4, 0.5) is 0 Å². The van der Waals surface area contributed by atoms with Crippen molar-refractivity contribution >= 4 is 11.9 Å². The van der Waals surface area contributed by atoms with Gasteiger partial charge in [0.1, 0.15) is 6.54 Å². The molecule has 0 bridgehead atoms. The van der Waals surface area contributed by atoms with Crippen molar-refractivity contribution in [3.63, 3.8) is 0 Å². The minimum Gasteiger partial charge on any atom is -0.480 e. The summed E-state index contributed by atoms with van der Waals surface area (Å²) in [5, 5.41) is 18.0. The van der Waals surface area contributed by atoms with Crippen LogP contribution in [-0.2, 0) is 11.3 Å². The third kappa shape index (κ3) is 3.42. The van der Waals surface area contributed by atoms with Crippen molar-refractivity contribution in [3.05, 3.63) is 11.9 Å². The van der Waals surface area contributed by atoms with E-state index in [1.165, 1.54) is 6.20 Å². The summed E-state index contributed by atoms with van der Waals surface area (Å²) < 4.78 is 1.07. The second-order valence-corrected chi connectivity index (χ2v) is 2.80. The van der Waals surface area contributed by atoms with E-state index in [-0.39, 0.29) is 18.8 Å². The van der Waals surface area contributed by atoms with Gasteiger partial charge in [-0.15, -0.1) is 11.0 Å². The van der Waals surface area contributed by atoms with E-state index < -0.39 is 11.9 Å². The number of hydrogen-bond donors (Lipinski definition) is 2. The van der Waals surface area contributed by atoms with E-state index in [2.05, 4.69) is 27.5 Å². The fourth-order valence-corrected chi connectivity index (χ4v) is 0.922. The Morgan fingerprint density at radius 3 is 3.00 bits per heavy atom. The van der Waals surface area contributed by atoms with E-state index >= 15 is 0 Å². The number of aliphatic carboxylic acids is 1. The first-order valence-corrected chi connectivity index (χ1v) is 4.43. The smallest absolute Gasteiger partial charge is 0.325 e. The lowest BCUT2D eigenvalue weighted by Gasteiger charge is -1.95.